The molecule has 0 aromatic rings. The maximum atomic E-state index is 4.32. The quantitative estimate of drug-likeness (QED) is 0.559. The molecule has 3 aliphatic rings. The highest BCUT2D eigenvalue weighted by Gasteiger charge is 2.66. The molecule has 0 aromatic heterocycles. The van der Waals surface area contributed by atoms with Crippen molar-refractivity contribution in [2.24, 2.45) is 35.0 Å². The van der Waals surface area contributed by atoms with E-state index in [1.807, 2.05) is 0 Å². The Morgan fingerprint density at radius 3 is 2.73 bits per heavy atom. The number of allylic oxidation sites excluding steroid dienone is 1. The van der Waals surface area contributed by atoms with Gasteiger partial charge in [0.05, 0.1) is 0 Å². The van der Waals surface area contributed by atoms with Gasteiger partial charge in [0.25, 0.3) is 0 Å². The van der Waals surface area contributed by atoms with E-state index in [1.54, 1.807) is 5.57 Å². The molecule has 3 rings (SSSR count). The minimum atomic E-state index is 0.707. The molecule has 0 heterocycles. The Kier molecular flexibility index (Phi) is 1.92. The first-order valence-corrected chi connectivity index (χ1v) is 6.73. The van der Waals surface area contributed by atoms with Crippen molar-refractivity contribution in [3.63, 3.8) is 0 Å². The van der Waals surface area contributed by atoms with Gasteiger partial charge in [-0.3, -0.25) is 0 Å². The highest BCUT2D eigenvalue weighted by atomic mass is 14.7. The van der Waals surface area contributed by atoms with Gasteiger partial charge in [-0.15, -0.1) is 0 Å². The zero-order chi connectivity index (χ0) is 10.8. The van der Waals surface area contributed by atoms with Crippen LogP contribution in [0.5, 0.6) is 0 Å². The second kappa shape index (κ2) is 2.90. The predicted octanol–water partition coefficient (Wildman–Crippen LogP) is 4.27. The molecule has 0 aliphatic heterocycles. The van der Waals surface area contributed by atoms with Gasteiger partial charge in [0.15, 0.2) is 0 Å². The summed E-state index contributed by atoms with van der Waals surface area (Å²) in [5.41, 5.74) is 2.30. The summed E-state index contributed by atoms with van der Waals surface area (Å²) in [4.78, 5) is 0. The molecule has 15 heavy (non-hydrogen) atoms. The molecular weight excluding hydrogens is 180 g/mol. The Balaban J connectivity index is 1.91. The molecule has 84 valence electrons. The van der Waals surface area contributed by atoms with E-state index >= 15 is 0 Å². The summed E-state index contributed by atoms with van der Waals surface area (Å²) in [7, 11) is 0. The molecule has 0 N–H and O–H groups in total. The van der Waals surface area contributed by atoms with E-state index in [1.165, 1.54) is 25.7 Å². The number of rotatable bonds is 1. The average molecular weight is 204 g/mol. The molecule has 3 saturated carbocycles. The Bertz CT molecular complexity index is 301. The van der Waals surface area contributed by atoms with Crippen LogP contribution >= 0.6 is 0 Å². The first-order valence-electron chi connectivity index (χ1n) is 6.73. The van der Waals surface area contributed by atoms with Crippen LogP contribution in [0.2, 0.25) is 0 Å². The van der Waals surface area contributed by atoms with Crippen LogP contribution in [0.25, 0.3) is 0 Å². The second-order valence-electron chi connectivity index (χ2n) is 6.81. The molecule has 3 aliphatic carbocycles. The Morgan fingerprint density at radius 2 is 2.07 bits per heavy atom. The smallest absolute Gasteiger partial charge is 0.0136 e. The van der Waals surface area contributed by atoms with E-state index in [-0.39, 0.29) is 0 Å². The summed E-state index contributed by atoms with van der Waals surface area (Å²) in [5.74, 6) is 4.80. The van der Waals surface area contributed by atoms with Crippen LogP contribution in [-0.2, 0) is 0 Å². The van der Waals surface area contributed by atoms with Gasteiger partial charge in [0.2, 0.25) is 0 Å². The van der Waals surface area contributed by atoms with Gasteiger partial charge in [-0.25, -0.2) is 0 Å². The summed E-state index contributed by atoms with van der Waals surface area (Å²) in [6.45, 7) is 11.7. The lowest BCUT2D eigenvalue weighted by Gasteiger charge is -2.57. The maximum Gasteiger partial charge on any atom is -0.0136 e. The zero-order valence-electron chi connectivity index (χ0n) is 10.4. The lowest BCUT2D eigenvalue weighted by atomic mass is 9.47. The first-order chi connectivity index (χ1) is 7.05. The first kappa shape index (κ1) is 9.93. The van der Waals surface area contributed by atoms with Crippen molar-refractivity contribution in [2.45, 2.75) is 46.5 Å². The topological polar surface area (TPSA) is 0 Å². The minimum absolute atomic E-state index is 0.707. The average Bonchev–Trinajstić information content (AvgIpc) is 2.62. The Labute approximate surface area is 94.1 Å². The number of fused-ring (bicyclic) bond motifs is 4. The lowest BCUT2D eigenvalue weighted by molar-refractivity contribution is -0.0770. The van der Waals surface area contributed by atoms with Gasteiger partial charge in [-0.1, -0.05) is 32.9 Å². The fourth-order valence-corrected chi connectivity index (χ4v) is 5.27. The molecule has 0 radical (unpaired) electrons. The van der Waals surface area contributed by atoms with Gasteiger partial charge >= 0.3 is 0 Å². The summed E-state index contributed by atoms with van der Waals surface area (Å²) >= 11 is 0. The fourth-order valence-electron chi connectivity index (χ4n) is 5.27. The highest BCUT2D eigenvalue weighted by Crippen LogP contribution is 2.73. The minimum Gasteiger partial charge on any atom is -0.0996 e. The Morgan fingerprint density at radius 1 is 1.33 bits per heavy atom. The summed E-state index contributed by atoms with van der Waals surface area (Å²) in [6.07, 6.45) is 5.75. The Hall–Kier alpha value is -0.260. The van der Waals surface area contributed by atoms with Crippen molar-refractivity contribution < 1.29 is 0 Å². The van der Waals surface area contributed by atoms with Gasteiger partial charge in [-0.2, -0.15) is 0 Å². The molecule has 0 spiro atoms. The number of hydrogen-bond acceptors (Lipinski definition) is 0. The van der Waals surface area contributed by atoms with E-state index in [0.29, 0.717) is 5.41 Å². The van der Waals surface area contributed by atoms with Crippen LogP contribution in [0.4, 0.5) is 0 Å². The van der Waals surface area contributed by atoms with Gasteiger partial charge in [0.1, 0.15) is 0 Å². The van der Waals surface area contributed by atoms with E-state index in [9.17, 15) is 0 Å². The van der Waals surface area contributed by atoms with E-state index in [2.05, 4.69) is 27.4 Å². The van der Waals surface area contributed by atoms with Gasteiger partial charge < -0.3 is 0 Å². The third kappa shape index (κ3) is 1.04. The van der Waals surface area contributed by atoms with Crippen molar-refractivity contribution in [2.75, 3.05) is 0 Å². The number of hydrogen-bond donors (Lipinski definition) is 0. The van der Waals surface area contributed by atoms with Crippen molar-refractivity contribution >= 4 is 0 Å². The molecule has 0 aromatic carbocycles. The molecule has 0 amide bonds. The van der Waals surface area contributed by atoms with Crippen LogP contribution in [0, 0.1) is 35.0 Å². The van der Waals surface area contributed by atoms with Crippen molar-refractivity contribution in [1.82, 2.24) is 0 Å². The van der Waals surface area contributed by atoms with Gasteiger partial charge in [-0.05, 0) is 60.7 Å². The zero-order valence-corrected chi connectivity index (χ0v) is 10.4. The summed E-state index contributed by atoms with van der Waals surface area (Å²) in [5, 5.41) is 0. The molecule has 0 saturated heterocycles. The molecule has 5 atom stereocenters. The van der Waals surface area contributed by atoms with Gasteiger partial charge in [0, 0.05) is 0 Å². The SMILES string of the molecule is C=C1CCC2C1[C@H]1[C@H](C(C)C)CC[C@@]21C. The molecule has 3 fully saturated rings. The fraction of sp³-hybridized carbons (Fsp3) is 0.867. The second-order valence-corrected chi connectivity index (χ2v) is 6.81. The van der Waals surface area contributed by atoms with Crippen LogP contribution < -0.4 is 0 Å². The molecular formula is C15H24. The lowest BCUT2D eigenvalue weighted by Crippen LogP contribution is -2.52. The summed E-state index contributed by atoms with van der Waals surface area (Å²) in [6, 6.07) is 0. The van der Waals surface area contributed by atoms with E-state index in [0.717, 1.165) is 29.6 Å². The van der Waals surface area contributed by atoms with Crippen LogP contribution in [-0.4, -0.2) is 0 Å². The monoisotopic (exact) mass is 204 g/mol. The predicted molar refractivity (Wildman–Crippen MR) is 64.5 cm³/mol. The van der Waals surface area contributed by atoms with E-state index in [4.69, 9.17) is 0 Å². The van der Waals surface area contributed by atoms with Crippen molar-refractivity contribution in [3.8, 4) is 0 Å². The van der Waals surface area contributed by atoms with E-state index < -0.39 is 0 Å². The third-order valence-electron chi connectivity index (χ3n) is 6.01. The molecule has 2 unspecified atom stereocenters. The van der Waals surface area contributed by atoms with Crippen molar-refractivity contribution in [1.29, 1.82) is 0 Å². The maximum absolute atomic E-state index is 4.32. The largest absolute Gasteiger partial charge is 0.0996 e. The van der Waals surface area contributed by atoms with Crippen LogP contribution in [0.3, 0.4) is 0 Å². The normalized spacial score (nSPS) is 52.9. The summed E-state index contributed by atoms with van der Waals surface area (Å²) < 4.78 is 0. The van der Waals surface area contributed by atoms with Crippen LogP contribution in [0.15, 0.2) is 12.2 Å². The van der Waals surface area contributed by atoms with Crippen LogP contribution in [0.1, 0.15) is 46.5 Å². The molecule has 0 bridgehead atoms. The third-order valence-corrected chi connectivity index (χ3v) is 6.01. The highest BCUT2D eigenvalue weighted by molar-refractivity contribution is 5.25. The molecule has 0 heteroatoms. The standard InChI is InChI=1S/C15H24/c1-9(2)11-7-8-15(4)12-6-5-10(3)13(12)14(11)15/h9,11-14H,3,5-8H2,1-2,4H3/t11-,12?,13?,14+,15-/m0/s1. The molecule has 0 nitrogen and oxygen atoms in total. The van der Waals surface area contributed by atoms with Crippen molar-refractivity contribution in [3.05, 3.63) is 12.2 Å².